The van der Waals surface area contributed by atoms with Gasteiger partial charge in [-0.3, -0.25) is 4.79 Å². The first-order valence-corrected chi connectivity index (χ1v) is 10.1. The van der Waals surface area contributed by atoms with Gasteiger partial charge < -0.3 is 19.7 Å². The number of carbonyl (C=O) groups excluding carboxylic acids is 1. The summed E-state index contributed by atoms with van der Waals surface area (Å²) in [6, 6.07) is 10.3. The number of fused-ring (bicyclic) bond motifs is 1. The number of aliphatic hydroxyl groups excluding tert-OH is 1. The maximum Gasteiger partial charge on any atom is 0.336 e. The summed E-state index contributed by atoms with van der Waals surface area (Å²) in [6.07, 6.45) is 2.00. The SMILES string of the molecule is CC(C)=CCc1c(O)c(C(=O)C[C@H](C)CO)c(O)c2c(-c3ccccc3)cc(=O)oc12. The maximum atomic E-state index is 13.0. The first-order chi connectivity index (χ1) is 14.7. The van der Waals surface area contributed by atoms with E-state index < -0.39 is 22.9 Å². The first kappa shape index (κ1) is 22.3. The third kappa shape index (κ3) is 4.54. The Morgan fingerprint density at radius 3 is 2.42 bits per heavy atom. The Morgan fingerprint density at radius 2 is 1.81 bits per heavy atom. The number of ketones is 1. The van der Waals surface area contributed by atoms with E-state index in [-0.39, 0.29) is 47.5 Å². The lowest BCUT2D eigenvalue weighted by Crippen LogP contribution is -2.11. The number of hydrogen-bond donors (Lipinski definition) is 3. The monoisotopic (exact) mass is 422 g/mol. The van der Waals surface area contributed by atoms with Crippen molar-refractivity contribution in [1.29, 1.82) is 0 Å². The van der Waals surface area contributed by atoms with Crippen molar-refractivity contribution in [2.75, 3.05) is 6.61 Å². The minimum Gasteiger partial charge on any atom is -0.507 e. The van der Waals surface area contributed by atoms with Crippen LogP contribution < -0.4 is 5.63 Å². The van der Waals surface area contributed by atoms with Gasteiger partial charge in [-0.1, -0.05) is 48.9 Å². The summed E-state index contributed by atoms with van der Waals surface area (Å²) < 4.78 is 5.43. The Labute approximate surface area is 180 Å². The van der Waals surface area contributed by atoms with E-state index in [1.54, 1.807) is 31.2 Å². The van der Waals surface area contributed by atoms with Crippen LogP contribution in [-0.2, 0) is 6.42 Å². The average molecular weight is 422 g/mol. The van der Waals surface area contributed by atoms with Crippen molar-refractivity contribution in [3.05, 3.63) is 69.6 Å². The summed E-state index contributed by atoms with van der Waals surface area (Å²) in [4.78, 5) is 25.3. The van der Waals surface area contributed by atoms with E-state index >= 15 is 0 Å². The number of Topliss-reactive ketones (excluding diaryl/α,β-unsaturated/α-hetero) is 1. The van der Waals surface area contributed by atoms with E-state index in [2.05, 4.69) is 0 Å². The normalized spacial score (nSPS) is 12.0. The van der Waals surface area contributed by atoms with Gasteiger partial charge in [0, 0.05) is 30.2 Å². The molecular formula is C25H26O6. The van der Waals surface area contributed by atoms with Gasteiger partial charge >= 0.3 is 5.63 Å². The van der Waals surface area contributed by atoms with Crippen molar-refractivity contribution >= 4 is 16.8 Å². The second kappa shape index (κ2) is 9.18. The first-order valence-electron chi connectivity index (χ1n) is 10.1. The standard InChI is InChI=1S/C25H26O6/c1-14(2)9-10-17-23(29)22(19(27)11-15(3)13-26)24(30)21-18(12-20(28)31-25(17)21)16-7-5-4-6-8-16/h4-9,12,15,26,29-30H,10-11,13H2,1-3H3/t15-/m0/s1. The van der Waals surface area contributed by atoms with Crippen LogP contribution in [0.2, 0.25) is 0 Å². The molecule has 3 rings (SSSR count). The summed E-state index contributed by atoms with van der Waals surface area (Å²) in [5, 5.41) is 31.6. The fourth-order valence-corrected chi connectivity index (χ4v) is 3.52. The third-order valence-electron chi connectivity index (χ3n) is 5.16. The molecule has 0 saturated carbocycles. The summed E-state index contributed by atoms with van der Waals surface area (Å²) in [5.41, 5.74) is 1.50. The molecule has 3 N–H and O–H groups in total. The van der Waals surface area contributed by atoms with Gasteiger partial charge in [-0.2, -0.15) is 0 Å². The van der Waals surface area contributed by atoms with Crippen molar-refractivity contribution in [2.45, 2.75) is 33.6 Å². The average Bonchev–Trinajstić information content (AvgIpc) is 2.73. The highest BCUT2D eigenvalue weighted by Gasteiger charge is 2.28. The Morgan fingerprint density at radius 1 is 1.13 bits per heavy atom. The van der Waals surface area contributed by atoms with E-state index in [1.165, 1.54) is 6.07 Å². The van der Waals surface area contributed by atoms with Crippen molar-refractivity contribution in [2.24, 2.45) is 5.92 Å². The van der Waals surface area contributed by atoms with Crippen LogP contribution in [-0.4, -0.2) is 27.7 Å². The number of hydrogen-bond acceptors (Lipinski definition) is 6. The predicted octanol–water partition coefficient (Wildman–Crippen LogP) is 4.58. The summed E-state index contributed by atoms with van der Waals surface area (Å²) >= 11 is 0. The van der Waals surface area contributed by atoms with Crippen LogP contribution >= 0.6 is 0 Å². The molecule has 6 heteroatoms. The number of phenols is 2. The molecule has 3 aromatic rings. The highest BCUT2D eigenvalue weighted by Crippen LogP contribution is 2.44. The van der Waals surface area contributed by atoms with Gasteiger partial charge in [-0.15, -0.1) is 0 Å². The van der Waals surface area contributed by atoms with Crippen molar-refractivity contribution in [3.8, 4) is 22.6 Å². The summed E-state index contributed by atoms with van der Waals surface area (Å²) in [6.45, 7) is 5.28. The highest BCUT2D eigenvalue weighted by atomic mass is 16.4. The van der Waals surface area contributed by atoms with Gasteiger partial charge in [0.2, 0.25) is 0 Å². The van der Waals surface area contributed by atoms with Crippen LogP contribution in [0, 0.1) is 5.92 Å². The molecule has 6 nitrogen and oxygen atoms in total. The Kier molecular flexibility index (Phi) is 6.61. The quantitative estimate of drug-likeness (QED) is 0.292. The van der Waals surface area contributed by atoms with E-state index in [1.807, 2.05) is 26.0 Å². The molecule has 0 fully saturated rings. The van der Waals surface area contributed by atoms with Crippen LogP contribution in [0.3, 0.4) is 0 Å². The summed E-state index contributed by atoms with van der Waals surface area (Å²) in [5.74, 6) is -1.69. The Bertz CT molecular complexity index is 1200. The van der Waals surface area contributed by atoms with Gasteiger partial charge in [0.1, 0.15) is 22.6 Å². The van der Waals surface area contributed by atoms with Gasteiger partial charge in [0.25, 0.3) is 0 Å². The van der Waals surface area contributed by atoms with Gasteiger partial charge in [0.15, 0.2) is 5.78 Å². The number of carbonyl (C=O) groups is 1. The molecule has 1 aromatic heterocycles. The number of phenolic OH excluding ortho intramolecular Hbond substituents is 2. The molecule has 0 amide bonds. The molecule has 0 saturated heterocycles. The molecular weight excluding hydrogens is 396 g/mol. The molecule has 31 heavy (non-hydrogen) atoms. The molecule has 2 aromatic carbocycles. The lowest BCUT2D eigenvalue weighted by Gasteiger charge is -2.17. The van der Waals surface area contributed by atoms with E-state index in [0.717, 1.165) is 5.57 Å². The lowest BCUT2D eigenvalue weighted by atomic mass is 9.91. The predicted molar refractivity (Wildman–Crippen MR) is 120 cm³/mol. The lowest BCUT2D eigenvalue weighted by molar-refractivity contribution is 0.0938. The fourth-order valence-electron chi connectivity index (χ4n) is 3.52. The van der Waals surface area contributed by atoms with Crippen molar-refractivity contribution < 1.29 is 24.5 Å². The Hall–Kier alpha value is -3.38. The zero-order valence-electron chi connectivity index (χ0n) is 17.8. The smallest absolute Gasteiger partial charge is 0.336 e. The molecule has 1 heterocycles. The van der Waals surface area contributed by atoms with Crippen molar-refractivity contribution in [3.63, 3.8) is 0 Å². The molecule has 0 radical (unpaired) electrons. The summed E-state index contributed by atoms with van der Waals surface area (Å²) in [7, 11) is 0. The Balaban J connectivity index is 2.42. The largest absolute Gasteiger partial charge is 0.507 e. The van der Waals surface area contributed by atoms with Crippen LogP contribution in [0.5, 0.6) is 11.5 Å². The molecule has 0 aliphatic heterocycles. The fraction of sp³-hybridized carbons (Fsp3) is 0.280. The molecule has 0 aliphatic carbocycles. The topological polar surface area (TPSA) is 108 Å². The van der Waals surface area contributed by atoms with Crippen LogP contribution in [0.1, 0.15) is 43.1 Å². The molecule has 0 spiro atoms. The van der Waals surface area contributed by atoms with E-state index in [9.17, 15) is 24.9 Å². The molecule has 1 atom stereocenters. The highest BCUT2D eigenvalue weighted by molar-refractivity contribution is 6.11. The molecule has 162 valence electrons. The van der Waals surface area contributed by atoms with Crippen molar-refractivity contribution in [1.82, 2.24) is 0 Å². The van der Waals surface area contributed by atoms with E-state index in [4.69, 9.17) is 4.42 Å². The van der Waals surface area contributed by atoms with Gasteiger partial charge in [-0.25, -0.2) is 4.79 Å². The number of benzene rings is 2. The van der Waals surface area contributed by atoms with Gasteiger partial charge in [0.05, 0.1) is 5.39 Å². The zero-order valence-corrected chi connectivity index (χ0v) is 17.8. The third-order valence-corrected chi connectivity index (χ3v) is 5.16. The second-order valence-corrected chi connectivity index (χ2v) is 8.00. The van der Waals surface area contributed by atoms with Crippen LogP contribution in [0.15, 0.2) is 57.3 Å². The number of rotatable bonds is 7. The number of aromatic hydroxyl groups is 2. The number of allylic oxidation sites excluding steroid dienone is 2. The van der Waals surface area contributed by atoms with Crippen LogP contribution in [0.4, 0.5) is 0 Å². The maximum absolute atomic E-state index is 13.0. The molecule has 0 unspecified atom stereocenters. The molecule has 0 bridgehead atoms. The minimum atomic E-state index is -0.628. The molecule has 0 aliphatic rings. The zero-order chi connectivity index (χ0) is 22.7. The number of aliphatic hydroxyl groups is 1. The minimum absolute atomic E-state index is 0.0469. The van der Waals surface area contributed by atoms with E-state index in [0.29, 0.717) is 11.1 Å². The van der Waals surface area contributed by atoms with Gasteiger partial charge in [-0.05, 0) is 31.7 Å². The van der Waals surface area contributed by atoms with Crippen LogP contribution in [0.25, 0.3) is 22.1 Å². The second-order valence-electron chi connectivity index (χ2n) is 8.00.